The normalized spacial score (nSPS) is 12.6. The van der Waals surface area contributed by atoms with Gasteiger partial charge in [-0.15, -0.1) is 11.3 Å². The first-order valence-electron chi connectivity index (χ1n) is 9.30. The van der Waals surface area contributed by atoms with E-state index in [1.54, 1.807) is 11.3 Å². The second-order valence-electron chi connectivity index (χ2n) is 6.86. The van der Waals surface area contributed by atoms with Crippen molar-refractivity contribution >= 4 is 27.3 Å². The first kappa shape index (κ1) is 21.9. The van der Waals surface area contributed by atoms with Crippen LogP contribution in [0.15, 0.2) is 75.9 Å². The number of carbonyl (C=O) groups excluding carboxylic acids is 1. The lowest BCUT2D eigenvalue weighted by atomic mass is 10.1. The molecule has 3 aromatic rings. The Morgan fingerprint density at radius 2 is 1.83 bits per heavy atom. The van der Waals surface area contributed by atoms with Crippen molar-refractivity contribution in [2.45, 2.75) is 23.9 Å². The van der Waals surface area contributed by atoms with Crippen LogP contribution < -0.4 is 10.9 Å². The highest BCUT2D eigenvalue weighted by Crippen LogP contribution is 2.26. The van der Waals surface area contributed by atoms with Gasteiger partial charge in [-0.25, -0.2) is 12.7 Å². The monoisotopic (exact) mass is 445 g/mol. The van der Waals surface area contributed by atoms with Gasteiger partial charge in [0, 0.05) is 44.2 Å². The zero-order valence-corrected chi connectivity index (χ0v) is 18.3. The van der Waals surface area contributed by atoms with Gasteiger partial charge in [0.05, 0.1) is 10.9 Å². The number of aromatic nitrogens is 1. The number of aryl methyl sites for hydroxylation is 1. The molecule has 1 amide bonds. The van der Waals surface area contributed by atoms with Gasteiger partial charge >= 0.3 is 0 Å². The van der Waals surface area contributed by atoms with Crippen molar-refractivity contribution in [1.82, 2.24) is 14.2 Å². The molecular formula is C21H23N3O4S2. The number of rotatable bonds is 8. The maximum absolute atomic E-state index is 12.6. The van der Waals surface area contributed by atoms with E-state index in [4.69, 9.17) is 0 Å². The van der Waals surface area contributed by atoms with Crippen LogP contribution >= 0.6 is 11.3 Å². The summed E-state index contributed by atoms with van der Waals surface area (Å²) >= 11 is 1.55. The Morgan fingerprint density at radius 3 is 2.47 bits per heavy atom. The van der Waals surface area contributed by atoms with Gasteiger partial charge in [0.1, 0.15) is 0 Å². The first-order valence-corrected chi connectivity index (χ1v) is 11.6. The van der Waals surface area contributed by atoms with Crippen LogP contribution in [-0.2, 0) is 21.4 Å². The number of amides is 1. The molecule has 2 heterocycles. The largest absolute Gasteiger partial charge is 0.344 e. The predicted octanol–water partition coefficient (Wildman–Crippen LogP) is 2.46. The first-order chi connectivity index (χ1) is 14.3. The quantitative estimate of drug-likeness (QED) is 0.577. The average Bonchev–Trinajstić information content (AvgIpc) is 3.26. The Bertz CT molecular complexity index is 1150. The van der Waals surface area contributed by atoms with Gasteiger partial charge < -0.3 is 9.88 Å². The molecule has 0 radical (unpaired) electrons. The van der Waals surface area contributed by atoms with Crippen LogP contribution in [0.1, 0.15) is 22.9 Å². The molecule has 30 heavy (non-hydrogen) atoms. The van der Waals surface area contributed by atoms with E-state index >= 15 is 0 Å². The maximum Gasteiger partial charge on any atom is 0.250 e. The van der Waals surface area contributed by atoms with Crippen molar-refractivity contribution in [2.75, 3.05) is 14.1 Å². The summed E-state index contributed by atoms with van der Waals surface area (Å²) < 4.78 is 26.9. The SMILES string of the molecule is CN(C)S(=O)(=O)c1ccc(=O)n(CCC(=O)NC(c2ccccc2)c2cccs2)c1. The fraction of sp³-hybridized carbons (Fsp3) is 0.238. The summed E-state index contributed by atoms with van der Waals surface area (Å²) in [5.41, 5.74) is 0.600. The van der Waals surface area contributed by atoms with Gasteiger partial charge in [0.25, 0.3) is 5.56 Å². The van der Waals surface area contributed by atoms with Gasteiger partial charge in [-0.2, -0.15) is 0 Å². The van der Waals surface area contributed by atoms with Gasteiger partial charge in [0.15, 0.2) is 0 Å². The zero-order valence-electron chi connectivity index (χ0n) is 16.7. The average molecular weight is 446 g/mol. The number of thiophene rings is 1. The summed E-state index contributed by atoms with van der Waals surface area (Å²) in [7, 11) is -0.819. The lowest BCUT2D eigenvalue weighted by Gasteiger charge is -2.18. The number of pyridine rings is 1. The van der Waals surface area contributed by atoms with Gasteiger partial charge in [0.2, 0.25) is 15.9 Å². The molecule has 0 saturated carbocycles. The summed E-state index contributed by atoms with van der Waals surface area (Å²) in [6.45, 7) is 0.0768. The number of sulfonamides is 1. The predicted molar refractivity (Wildman–Crippen MR) is 117 cm³/mol. The molecule has 1 aromatic carbocycles. The molecule has 1 atom stereocenters. The second kappa shape index (κ2) is 9.38. The van der Waals surface area contributed by atoms with Crippen molar-refractivity contribution in [3.8, 4) is 0 Å². The fourth-order valence-corrected chi connectivity index (χ4v) is 4.65. The van der Waals surface area contributed by atoms with Gasteiger partial charge in [-0.3, -0.25) is 9.59 Å². The van der Waals surface area contributed by atoms with Crippen LogP contribution in [0.25, 0.3) is 0 Å². The maximum atomic E-state index is 12.6. The number of benzene rings is 1. The van der Waals surface area contributed by atoms with E-state index in [0.717, 1.165) is 14.7 Å². The Labute approximate surface area is 179 Å². The van der Waals surface area contributed by atoms with E-state index in [1.165, 1.54) is 37.0 Å². The molecule has 158 valence electrons. The van der Waals surface area contributed by atoms with Crippen LogP contribution in [0.4, 0.5) is 0 Å². The molecule has 1 N–H and O–H groups in total. The molecule has 1 unspecified atom stereocenters. The topological polar surface area (TPSA) is 88.5 Å². The molecule has 0 aliphatic carbocycles. The van der Waals surface area contributed by atoms with Crippen LogP contribution in [-0.4, -0.2) is 37.3 Å². The smallest absolute Gasteiger partial charge is 0.250 e. The Kier molecular flexibility index (Phi) is 6.86. The standard InChI is InChI=1S/C21H23N3O4S2/c1-23(2)30(27,28)17-10-11-20(26)24(15-17)13-12-19(25)22-21(18-9-6-14-29-18)16-7-4-3-5-8-16/h3-11,14-15,21H,12-13H2,1-2H3,(H,22,25). The van der Waals surface area contributed by atoms with Crippen molar-refractivity contribution in [3.63, 3.8) is 0 Å². The van der Waals surface area contributed by atoms with Crippen LogP contribution in [0, 0.1) is 0 Å². The van der Waals surface area contributed by atoms with Gasteiger partial charge in [-0.1, -0.05) is 36.4 Å². The molecule has 7 nitrogen and oxygen atoms in total. The summed E-state index contributed by atoms with van der Waals surface area (Å²) in [5.74, 6) is -0.231. The third-order valence-electron chi connectivity index (χ3n) is 4.58. The summed E-state index contributed by atoms with van der Waals surface area (Å²) in [4.78, 5) is 25.8. The lowest BCUT2D eigenvalue weighted by molar-refractivity contribution is -0.121. The number of nitrogens with zero attached hydrogens (tertiary/aromatic N) is 2. The molecule has 2 aromatic heterocycles. The van der Waals surface area contributed by atoms with Crippen molar-refractivity contribution in [1.29, 1.82) is 0 Å². The third kappa shape index (κ3) is 5.05. The Balaban J connectivity index is 1.74. The highest BCUT2D eigenvalue weighted by atomic mass is 32.2. The fourth-order valence-electron chi connectivity index (χ4n) is 2.92. The molecule has 0 saturated heterocycles. The highest BCUT2D eigenvalue weighted by molar-refractivity contribution is 7.89. The minimum absolute atomic E-state index is 0.00764. The molecule has 0 spiro atoms. The van der Waals surface area contributed by atoms with E-state index in [0.29, 0.717) is 0 Å². The molecule has 0 bridgehead atoms. The summed E-state index contributed by atoms with van der Waals surface area (Å²) in [5, 5.41) is 4.97. The second-order valence-corrected chi connectivity index (χ2v) is 9.99. The van der Waals surface area contributed by atoms with E-state index < -0.39 is 10.0 Å². The third-order valence-corrected chi connectivity index (χ3v) is 7.32. The lowest BCUT2D eigenvalue weighted by Crippen LogP contribution is -2.31. The van der Waals surface area contributed by atoms with Crippen molar-refractivity contribution in [2.24, 2.45) is 0 Å². The summed E-state index contributed by atoms with van der Waals surface area (Å²) in [6.07, 6.45) is 1.32. The minimum Gasteiger partial charge on any atom is -0.344 e. The molecule has 0 aliphatic rings. The van der Waals surface area contributed by atoms with Gasteiger partial charge in [-0.05, 0) is 23.1 Å². The number of hydrogen-bond acceptors (Lipinski definition) is 5. The zero-order chi connectivity index (χ0) is 21.7. The number of carbonyl (C=O) groups is 1. The van der Waals surface area contributed by atoms with Crippen molar-refractivity contribution < 1.29 is 13.2 Å². The Morgan fingerprint density at radius 1 is 1.10 bits per heavy atom. The van der Waals surface area contributed by atoms with E-state index in [9.17, 15) is 18.0 Å². The van der Waals surface area contributed by atoms with Crippen LogP contribution in [0.2, 0.25) is 0 Å². The molecule has 3 rings (SSSR count). The van der Waals surface area contributed by atoms with Crippen molar-refractivity contribution in [3.05, 3.63) is 87.0 Å². The van der Waals surface area contributed by atoms with E-state index in [1.807, 2.05) is 47.8 Å². The molecule has 0 fully saturated rings. The van der Waals surface area contributed by atoms with Crippen LogP contribution in [0.5, 0.6) is 0 Å². The molecule has 9 heteroatoms. The van der Waals surface area contributed by atoms with E-state index in [-0.39, 0.29) is 35.4 Å². The van der Waals surface area contributed by atoms with E-state index in [2.05, 4.69) is 5.32 Å². The Hall–Kier alpha value is -2.75. The minimum atomic E-state index is -3.66. The molecular weight excluding hydrogens is 422 g/mol. The number of hydrogen-bond donors (Lipinski definition) is 1. The highest BCUT2D eigenvalue weighted by Gasteiger charge is 2.20. The summed E-state index contributed by atoms with van der Waals surface area (Å²) in [6, 6.07) is 15.7. The van der Waals surface area contributed by atoms with Crippen LogP contribution in [0.3, 0.4) is 0 Å². The number of nitrogens with one attached hydrogen (secondary N) is 1. The molecule has 0 aliphatic heterocycles.